The van der Waals surface area contributed by atoms with Crippen molar-refractivity contribution in [2.24, 2.45) is 0 Å². The summed E-state index contributed by atoms with van der Waals surface area (Å²) >= 11 is 0. The van der Waals surface area contributed by atoms with Gasteiger partial charge in [0.2, 0.25) is 0 Å². The Labute approximate surface area is 101 Å². The molecular weight excluding hydrogens is 198 g/mol. The number of aliphatic hydroxyl groups is 1. The molecule has 2 nitrogen and oxygen atoms in total. The summed E-state index contributed by atoms with van der Waals surface area (Å²) in [5.41, 5.74) is 0. The Morgan fingerprint density at radius 3 is 2.62 bits per heavy atom. The minimum Gasteiger partial charge on any atom is -0.392 e. The summed E-state index contributed by atoms with van der Waals surface area (Å²) in [4.78, 5) is 0. The predicted octanol–water partition coefficient (Wildman–Crippen LogP) is 3.24. The lowest BCUT2D eigenvalue weighted by molar-refractivity contribution is 0.0852. The van der Waals surface area contributed by atoms with Crippen LogP contribution in [0.1, 0.15) is 71.6 Å². The molecule has 1 unspecified atom stereocenters. The van der Waals surface area contributed by atoms with Gasteiger partial charge in [0.15, 0.2) is 0 Å². The van der Waals surface area contributed by atoms with Gasteiger partial charge >= 0.3 is 0 Å². The molecule has 1 rings (SSSR count). The number of unbranched alkanes of at least 4 members (excludes halogenated alkanes) is 3. The van der Waals surface area contributed by atoms with Crippen LogP contribution in [-0.4, -0.2) is 23.3 Å². The van der Waals surface area contributed by atoms with E-state index in [4.69, 9.17) is 0 Å². The van der Waals surface area contributed by atoms with Crippen LogP contribution in [0.4, 0.5) is 0 Å². The number of nitrogens with one attached hydrogen (secondary N) is 1. The molecule has 1 aliphatic carbocycles. The summed E-state index contributed by atoms with van der Waals surface area (Å²) in [6.07, 6.45) is 11.1. The van der Waals surface area contributed by atoms with Gasteiger partial charge in [-0.05, 0) is 26.2 Å². The Morgan fingerprint density at radius 1 is 1.19 bits per heavy atom. The van der Waals surface area contributed by atoms with E-state index in [2.05, 4.69) is 19.2 Å². The third-order valence-electron chi connectivity index (χ3n) is 3.72. The zero-order chi connectivity index (χ0) is 11.8. The van der Waals surface area contributed by atoms with Crippen LogP contribution in [0, 0.1) is 0 Å². The van der Waals surface area contributed by atoms with E-state index in [1.165, 1.54) is 44.9 Å². The highest BCUT2D eigenvalue weighted by Crippen LogP contribution is 2.19. The fourth-order valence-corrected chi connectivity index (χ4v) is 2.63. The maximum atomic E-state index is 9.86. The lowest BCUT2D eigenvalue weighted by Crippen LogP contribution is -2.46. The second kappa shape index (κ2) is 8.08. The molecule has 0 aliphatic heterocycles. The van der Waals surface area contributed by atoms with Gasteiger partial charge in [0, 0.05) is 12.1 Å². The Kier molecular flexibility index (Phi) is 7.06. The first-order valence-electron chi connectivity index (χ1n) is 7.18. The van der Waals surface area contributed by atoms with Crippen LogP contribution < -0.4 is 5.32 Å². The number of hydrogen-bond acceptors (Lipinski definition) is 2. The second-order valence-corrected chi connectivity index (χ2v) is 5.38. The average Bonchev–Trinajstić information content (AvgIpc) is 2.28. The average molecular weight is 227 g/mol. The molecule has 0 heterocycles. The van der Waals surface area contributed by atoms with Crippen molar-refractivity contribution in [3.05, 3.63) is 0 Å². The van der Waals surface area contributed by atoms with Crippen LogP contribution in [0.2, 0.25) is 0 Å². The SMILES string of the molecule is CCCCCCC(C)N[C@H]1CCCC[C@@H]1O. The molecule has 0 spiro atoms. The number of rotatable bonds is 7. The molecule has 0 bridgehead atoms. The summed E-state index contributed by atoms with van der Waals surface area (Å²) in [6, 6.07) is 0.921. The highest BCUT2D eigenvalue weighted by molar-refractivity contribution is 4.82. The summed E-state index contributed by atoms with van der Waals surface area (Å²) in [7, 11) is 0. The van der Waals surface area contributed by atoms with Crippen molar-refractivity contribution < 1.29 is 5.11 Å². The Balaban J connectivity index is 2.09. The normalized spacial score (nSPS) is 27.9. The largest absolute Gasteiger partial charge is 0.392 e. The third-order valence-corrected chi connectivity index (χ3v) is 3.72. The molecule has 2 N–H and O–H groups in total. The van der Waals surface area contributed by atoms with Gasteiger partial charge in [0.05, 0.1) is 6.10 Å². The molecule has 1 fully saturated rings. The number of hydrogen-bond donors (Lipinski definition) is 2. The van der Waals surface area contributed by atoms with E-state index < -0.39 is 0 Å². The van der Waals surface area contributed by atoms with Crippen LogP contribution >= 0.6 is 0 Å². The summed E-state index contributed by atoms with van der Waals surface area (Å²) in [5, 5.41) is 13.5. The summed E-state index contributed by atoms with van der Waals surface area (Å²) < 4.78 is 0. The zero-order valence-corrected chi connectivity index (χ0v) is 11.0. The second-order valence-electron chi connectivity index (χ2n) is 5.38. The smallest absolute Gasteiger partial charge is 0.0693 e. The molecule has 0 aromatic carbocycles. The van der Waals surface area contributed by atoms with Crippen molar-refractivity contribution in [3.63, 3.8) is 0 Å². The van der Waals surface area contributed by atoms with Gasteiger partial charge in [-0.2, -0.15) is 0 Å². The van der Waals surface area contributed by atoms with Gasteiger partial charge in [-0.1, -0.05) is 45.4 Å². The van der Waals surface area contributed by atoms with Crippen molar-refractivity contribution >= 4 is 0 Å². The molecule has 0 amide bonds. The molecule has 2 heteroatoms. The Hall–Kier alpha value is -0.0800. The van der Waals surface area contributed by atoms with Gasteiger partial charge in [0.1, 0.15) is 0 Å². The summed E-state index contributed by atoms with van der Waals surface area (Å²) in [6.45, 7) is 4.51. The minimum absolute atomic E-state index is 0.105. The predicted molar refractivity (Wildman–Crippen MR) is 69.6 cm³/mol. The first-order chi connectivity index (χ1) is 7.74. The maximum Gasteiger partial charge on any atom is 0.0693 e. The monoisotopic (exact) mass is 227 g/mol. The van der Waals surface area contributed by atoms with E-state index in [-0.39, 0.29) is 6.10 Å². The van der Waals surface area contributed by atoms with E-state index in [9.17, 15) is 5.11 Å². The van der Waals surface area contributed by atoms with Crippen LogP contribution in [0.15, 0.2) is 0 Å². The maximum absolute atomic E-state index is 9.86. The van der Waals surface area contributed by atoms with Gasteiger partial charge in [-0.3, -0.25) is 0 Å². The standard InChI is InChI=1S/C14H29NO/c1-3-4-5-6-9-12(2)15-13-10-7-8-11-14(13)16/h12-16H,3-11H2,1-2H3/t12?,13-,14-/m0/s1. The summed E-state index contributed by atoms with van der Waals surface area (Å²) in [5.74, 6) is 0. The molecule has 96 valence electrons. The molecule has 0 radical (unpaired) electrons. The van der Waals surface area contributed by atoms with Crippen molar-refractivity contribution in [3.8, 4) is 0 Å². The highest BCUT2D eigenvalue weighted by atomic mass is 16.3. The highest BCUT2D eigenvalue weighted by Gasteiger charge is 2.23. The van der Waals surface area contributed by atoms with Gasteiger partial charge in [-0.25, -0.2) is 0 Å². The quantitative estimate of drug-likeness (QED) is 0.654. The Morgan fingerprint density at radius 2 is 1.94 bits per heavy atom. The molecule has 16 heavy (non-hydrogen) atoms. The van der Waals surface area contributed by atoms with E-state index in [1.807, 2.05) is 0 Å². The minimum atomic E-state index is -0.105. The molecule has 1 saturated carbocycles. The van der Waals surface area contributed by atoms with Crippen molar-refractivity contribution in [1.29, 1.82) is 0 Å². The van der Waals surface area contributed by atoms with Gasteiger partial charge in [0.25, 0.3) is 0 Å². The lowest BCUT2D eigenvalue weighted by atomic mass is 9.92. The van der Waals surface area contributed by atoms with Crippen molar-refractivity contribution in [1.82, 2.24) is 5.32 Å². The number of aliphatic hydroxyl groups excluding tert-OH is 1. The first kappa shape index (κ1) is 14.0. The van der Waals surface area contributed by atoms with Crippen molar-refractivity contribution in [2.45, 2.75) is 89.8 Å². The van der Waals surface area contributed by atoms with Crippen LogP contribution in [0.3, 0.4) is 0 Å². The van der Waals surface area contributed by atoms with E-state index >= 15 is 0 Å². The van der Waals surface area contributed by atoms with Crippen molar-refractivity contribution in [2.75, 3.05) is 0 Å². The fraction of sp³-hybridized carbons (Fsp3) is 1.00. The molecule has 0 aromatic heterocycles. The molecule has 1 aliphatic rings. The molecule has 0 aromatic rings. The van der Waals surface area contributed by atoms with Crippen LogP contribution in [-0.2, 0) is 0 Å². The van der Waals surface area contributed by atoms with E-state index in [0.29, 0.717) is 12.1 Å². The van der Waals surface area contributed by atoms with Crippen LogP contribution in [0.5, 0.6) is 0 Å². The first-order valence-corrected chi connectivity index (χ1v) is 7.18. The van der Waals surface area contributed by atoms with Crippen LogP contribution in [0.25, 0.3) is 0 Å². The molecule has 0 saturated heterocycles. The fourth-order valence-electron chi connectivity index (χ4n) is 2.63. The van der Waals surface area contributed by atoms with E-state index in [0.717, 1.165) is 12.8 Å². The van der Waals surface area contributed by atoms with Gasteiger partial charge in [-0.15, -0.1) is 0 Å². The zero-order valence-electron chi connectivity index (χ0n) is 11.0. The molecular formula is C14H29NO. The Bertz CT molecular complexity index is 172. The van der Waals surface area contributed by atoms with Gasteiger partial charge < -0.3 is 10.4 Å². The lowest BCUT2D eigenvalue weighted by Gasteiger charge is -2.31. The molecule has 3 atom stereocenters. The third kappa shape index (κ3) is 5.31. The van der Waals surface area contributed by atoms with E-state index in [1.54, 1.807) is 0 Å². The topological polar surface area (TPSA) is 32.3 Å².